The topological polar surface area (TPSA) is 12.0 Å². The van der Waals surface area contributed by atoms with E-state index in [-0.39, 0.29) is 6.04 Å². The largest absolute Gasteiger partial charge is 0.310 e. The summed E-state index contributed by atoms with van der Waals surface area (Å²) in [5.74, 6) is -0.473. The summed E-state index contributed by atoms with van der Waals surface area (Å²) in [7, 11) is 0. The maximum absolute atomic E-state index is 13.3. The Labute approximate surface area is 99.8 Å². The van der Waals surface area contributed by atoms with E-state index in [9.17, 15) is 8.78 Å². The van der Waals surface area contributed by atoms with E-state index in [0.29, 0.717) is 18.0 Å². The van der Waals surface area contributed by atoms with Crippen LogP contribution in [-0.2, 0) is 6.54 Å². The second-order valence-corrected chi connectivity index (χ2v) is 4.08. The average molecular weight is 248 g/mol. The van der Waals surface area contributed by atoms with Gasteiger partial charge in [-0.25, -0.2) is 8.78 Å². The molecule has 0 spiro atoms. The Morgan fingerprint density at radius 2 is 2.12 bits per heavy atom. The smallest absolute Gasteiger partial charge is 0.130 e. The van der Waals surface area contributed by atoms with Crippen LogP contribution in [-0.4, -0.2) is 11.9 Å². The van der Waals surface area contributed by atoms with Crippen molar-refractivity contribution >= 4 is 11.6 Å². The van der Waals surface area contributed by atoms with Crippen LogP contribution >= 0.6 is 11.6 Å². The summed E-state index contributed by atoms with van der Waals surface area (Å²) >= 11 is 5.65. The van der Waals surface area contributed by atoms with E-state index in [1.807, 2.05) is 6.92 Å². The van der Waals surface area contributed by atoms with Gasteiger partial charge in [-0.3, -0.25) is 0 Å². The molecule has 0 aliphatic heterocycles. The first kappa shape index (κ1) is 13.4. The van der Waals surface area contributed by atoms with Crippen molar-refractivity contribution in [3.63, 3.8) is 0 Å². The van der Waals surface area contributed by atoms with Crippen LogP contribution in [0.2, 0.25) is 0 Å². The predicted octanol–water partition coefficient (Wildman–Crippen LogP) is 3.46. The van der Waals surface area contributed by atoms with E-state index in [0.717, 1.165) is 18.9 Å². The molecule has 1 rings (SSSR count). The molecular formula is C12H16ClF2N. The molecule has 1 unspecified atom stereocenters. The van der Waals surface area contributed by atoms with Crippen molar-refractivity contribution in [2.75, 3.05) is 5.88 Å². The van der Waals surface area contributed by atoms with Gasteiger partial charge in [-0.05, 0) is 18.9 Å². The normalized spacial score (nSPS) is 12.8. The molecule has 16 heavy (non-hydrogen) atoms. The number of hydrogen-bond acceptors (Lipinski definition) is 1. The molecule has 0 bridgehead atoms. The Bertz CT molecular complexity index is 331. The van der Waals surface area contributed by atoms with Crippen LogP contribution in [0.1, 0.15) is 25.3 Å². The van der Waals surface area contributed by atoms with E-state index >= 15 is 0 Å². The predicted molar refractivity (Wildman–Crippen MR) is 62.6 cm³/mol. The molecule has 1 N–H and O–H groups in total. The van der Waals surface area contributed by atoms with Gasteiger partial charge in [-0.2, -0.15) is 0 Å². The number of alkyl halides is 1. The minimum atomic E-state index is -0.547. The Morgan fingerprint density at radius 3 is 2.69 bits per heavy atom. The van der Waals surface area contributed by atoms with Crippen molar-refractivity contribution in [3.05, 3.63) is 35.4 Å². The molecule has 0 aliphatic carbocycles. The minimum absolute atomic E-state index is 0.280. The Hall–Kier alpha value is -0.670. The third-order valence-corrected chi connectivity index (χ3v) is 2.76. The first-order valence-corrected chi connectivity index (χ1v) is 5.94. The first-order chi connectivity index (χ1) is 7.67. The van der Waals surface area contributed by atoms with Crippen molar-refractivity contribution in [3.8, 4) is 0 Å². The molecule has 1 nitrogen and oxygen atoms in total. The van der Waals surface area contributed by atoms with Crippen molar-refractivity contribution in [2.24, 2.45) is 0 Å². The van der Waals surface area contributed by atoms with Crippen LogP contribution in [0.5, 0.6) is 0 Å². The van der Waals surface area contributed by atoms with Crippen LogP contribution in [0, 0.1) is 11.6 Å². The van der Waals surface area contributed by atoms with Crippen LogP contribution < -0.4 is 5.32 Å². The second kappa shape index (κ2) is 6.81. The molecule has 0 radical (unpaired) electrons. The van der Waals surface area contributed by atoms with E-state index in [2.05, 4.69) is 5.32 Å². The second-order valence-electron chi connectivity index (χ2n) is 3.70. The lowest BCUT2D eigenvalue weighted by molar-refractivity contribution is 0.475. The van der Waals surface area contributed by atoms with Crippen molar-refractivity contribution < 1.29 is 8.78 Å². The molecule has 0 fully saturated rings. The molecular weight excluding hydrogens is 232 g/mol. The highest BCUT2D eigenvalue weighted by atomic mass is 35.5. The van der Waals surface area contributed by atoms with Gasteiger partial charge in [0.05, 0.1) is 0 Å². The zero-order valence-corrected chi connectivity index (χ0v) is 10.0. The molecule has 90 valence electrons. The molecule has 0 heterocycles. The van der Waals surface area contributed by atoms with Crippen molar-refractivity contribution in [1.29, 1.82) is 0 Å². The quantitative estimate of drug-likeness (QED) is 0.759. The Morgan fingerprint density at radius 1 is 1.38 bits per heavy atom. The molecule has 1 atom stereocenters. The lowest BCUT2D eigenvalue weighted by Gasteiger charge is -2.15. The molecule has 0 saturated carbocycles. The molecule has 1 aromatic rings. The van der Waals surface area contributed by atoms with Gasteiger partial charge in [0.25, 0.3) is 0 Å². The standard InChI is InChI=1S/C12H16ClF2N/c1-2-11(5-6-13)16-8-9-3-4-10(14)7-12(9)15/h3-4,7,11,16H,2,5-6,8H2,1H3. The van der Waals surface area contributed by atoms with Gasteiger partial charge >= 0.3 is 0 Å². The first-order valence-electron chi connectivity index (χ1n) is 5.40. The van der Waals surface area contributed by atoms with E-state index in [4.69, 9.17) is 11.6 Å². The van der Waals surface area contributed by atoms with Gasteiger partial charge in [0, 0.05) is 30.1 Å². The summed E-state index contributed by atoms with van der Waals surface area (Å²) in [6, 6.07) is 3.91. The molecule has 0 amide bonds. The number of rotatable bonds is 6. The summed E-state index contributed by atoms with van der Waals surface area (Å²) in [6.07, 6.45) is 1.79. The van der Waals surface area contributed by atoms with Gasteiger partial charge in [-0.15, -0.1) is 11.6 Å². The SMILES string of the molecule is CCC(CCCl)NCc1ccc(F)cc1F. The van der Waals surface area contributed by atoms with E-state index < -0.39 is 11.6 Å². The summed E-state index contributed by atoms with van der Waals surface area (Å²) in [4.78, 5) is 0. The summed E-state index contributed by atoms with van der Waals surface area (Å²) < 4.78 is 25.9. The highest BCUT2D eigenvalue weighted by Crippen LogP contribution is 2.10. The fraction of sp³-hybridized carbons (Fsp3) is 0.500. The summed E-state index contributed by atoms with van der Waals surface area (Å²) in [5.41, 5.74) is 0.481. The average Bonchev–Trinajstić information content (AvgIpc) is 2.26. The zero-order chi connectivity index (χ0) is 12.0. The van der Waals surface area contributed by atoms with Gasteiger partial charge in [0.2, 0.25) is 0 Å². The monoisotopic (exact) mass is 247 g/mol. The lowest BCUT2D eigenvalue weighted by atomic mass is 10.1. The third-order valence-electron chi connectivity index (χ3n) is 2.55. The zero-order valence-electron chi connectivity index (χ0n) is 9.27. The number of benzene rings is 1. The number of nitrogens with one attached hydrogen (secondary N) is 1. The van der Waals surface area contributed by atoms with Gasteiger partial charge in [-0.1, -0.05) is 13.0 Å². The highest BCUT2D eigenvalue weighted by Gasteiger charge is 2.07. The third kappa shape index (κ3) is 4.06. The Balaban J connectivity index is 2.53. The lowest BCUT2D eigenvalue weighted by Crippen LogP contribution is -2.28. The highest BCUT2D eigenvalue weighted by molar-refractivity contribution is 6.17. The molecule has 1 aromatic carbocycles. The maximum Gasteiger partial charge on any atom is 0.130 e. The van der Waals surface area contributed by atoms with E-state index in [1.165, 1.54) is 12.1 Å². The maximum atomic E-state index is 13.3. The summed E-state index contributed by atoms with van der Waals surface area (Å²) in [5, 5.41) is 3.20. The van der Waals surface area contributed by atoms with Crippen LogP contribution in [0.25, 0.3) is 0 Å². The van der Waals surface area contributed by atoms with Gasteiger partial charge < -0.3 is 5.32 Å². The molecule has 0 saturated heterocycles. The number of halogens is 3. The number of hydrogen-bond donors (Lipinski definition) is 1. The minimum Gasteiger partial charge on any atom is -0.310 e. The van der Waals surface area contributed by atoms with Crippen LogP contribution in [0.15, 0.2) is 18.2 Å². The van der Waals surface area contributed by atoms with Gasteiger partial charge in [0.1, 0.15) is 11.6 Å². The van der Waals surface area contributed by atoms with Gasteiger partial charge in [0.15, 0.2) is 0 Å². The summed E-state index contributed by atoms with van der Waals surface area (Å²) in [6.45, 7) is 2.45. The molecule has 0 aromatic heterocycles. The Kier molecular flexibility index (Phi) is 5.71. The van der Waals surface area contributed by atoms with Crippen molar-refractivity contribution in [2.45, 2.75) is 32.4 Å². The van der Waals surface area contributed by atoms with Crippen LogP contribution in [0.4, 0.5) is 8.78 Å². The van der Waals surface area contributed by atoms with Crippen LogP contribution in [0.3, 0.4) is 0 Å². The fourth-order valence-corrected chi connectivity index (χ4v) is 1.76. The fourth-order valence-electron chi connectivity index (χ4n) is 1.50. The van der Waals surface area contributed by atoms with E-state index in [1.54, 1.807) is 0 Å². The molecule has 4 heteroatoms. The molecule has 0 aliphatic rings. The van der Waals surface area contributed by atoms with Crippen molar-refractivity contribution in [1.82, 2.24) is 5.32 Å².